The second kappa shape index (κ2) is 10.4. The van der Waals surface area contributed by atoms with Crippen LogP contribution in [0.3, 0.4) is 0 Å². The highest BCUT2D eigenvalue weighted by Gasteiger charge is 2.33. The molecule has 1 amide bonds. The number of rotatable bonds is 8. The van der Waals surface area contributed by atoms with Crippen molar-refractivity contribution in [2.75, 3.05) is 20.3 Å². The van der Waals surface area contributed by atoms with Crippen LogP contribution in [0.2, 0.25) is 5.02 Å². The second-order valence-electron chi connectivity index (χ2n) is 6.71. The smallest absolute Gasteiger partial charge is 0.245 e. The molecule has 1 aliphatic rings. The summed E-state index contributed by atoms with van der Waals surface area (Å²) in [4.78, 5) is 12.0. The van der Waals surface area contributed by atoms with E-state index in [-0.39, 0.29) is 12.3 Å². The lowest BCUT2D eigenvalue weighted by Gasteiger charge is -2.20. The minimum atomic E-state index is -0.890. The third kappa shape index (κ3) is 6.07. The predicted molar refractivity (Wildman–Crippen MR) is 122 cm³/mol. The number of hydrazone groups is 1. The number of hydrogen-bond acceptors (Lipinski definition) is 6. The lowest BCUT2D eigenvalue weighted by atomic mass is 10.2. The van der Waals surface area contributed by atoms with Gasteiger partial charge in [0.25, 0.3) is 0 Å². The average molecular weight is 545 g/mol. The first-order valence-electron chi connectivity index (χ1n) is 9.24. The first kappa shape index (κ1) is 22.8. The number of nitrogens with zero attached hydrogens (tertiary/aromatic N) is 1. The quantitative estimate of drug-likeness (QED) is 0.307. The van der Waals surface area contributed by atoms with Crippen LogP contribution in [0, 0.1) is 3.57 Å². The fraction of sp³-hybridized carbons (Fsp3) is 0.333. The Kier molecular flexibility index (Phi) is 7.93. The van der Waals surface area contributed by atoms with Crippen molar-refractivity contribution in [3.8, 4) is 11.5 Å². The summed E-state index contributed by atoms with van der Waals surface area (Å²) in [6.45, 7) is 3.02. The molecule has 0 unspecified atom stereocenters. The number of nitrogens with one attached hydrogen (secondary N) is 1. The Balaban J connectivity index is 1.63. The highest BCUT2D eigenvalue weighted by molar-refractivity contribution is 14.1. The van der Waals surface area contributed by atoms with Gasteiger partial charge < -0.3 is 18.9 Å². The van der Waals surface area contributed by atoms with Crippen LogP contribution in [0.5, 0.6) is 11.5 Å². The van der Waals surface area contributed by atoms with Gasteiger partial charge in [-0.2, -0.15) is 5.10 Å². The molecule has 7 nitrogen and oxygen atoms in total. The standard InChI is InChI=1S/C21H22ClIN2O5/c1-21(29-7-8-30-21)11-19(26)25-24-12-14-9-17(23)20(18(10-14)27-2)28-13-15-5-3-4-6-16(15)22/h3-6,9-10,12H,7-8,11,13H2,1-2H3,(H,25,26)/b24-12-. The average Bonchev–Trinajstić information content (AvgIpc) is 3.13. The van der Waals surface area contributed by atoms with Crippen molar-refractivity contribution in [3.63, 3.8) is 0 Å². The van der Waals surface area contributed by atoms with Crippen molar-refractivity contribution >= 4 is 46.3 Å². The molecule has 9 heteroatoms. The van der Waals surface area contributed by atoms with E-state index in [2.05, 4.69) is 33.1 Å². The van der Waals surface area contributed by atoms with E-state index in [0.29, 0.717) is 36.3 Å². The van der Waals surface area contributed by atoms with Crippen molar-refractivity contribution in [3.05, 3.63) is 56.1 Å². The van der Waals surface area contributed by atoms with Gasteiger partial charge >= 0.3 is 0 Å². The van der Waals surface area contributed by atoms with Gasteiger partial charge in [-0.3, -0.25) is 4.79 Å². The number of carbonyl (C=O) groups is 1. The molecule has 1 saturated heterocycles. The Labute approximate surface area is 193 Å². The van der Waals surface area contributed by atoms with Crippen LogP contribution in [0.4, 0.5) is 0 Å². The molecule has 1 heterocycles. The number of amides is 1. The Morgan fingerprint density at radius 3 is 2.77 bits per heavy atom. The zero-order chi connectivity index (χ0) is 21.6. The van der Waals surface area contributed by atoms with Crippen LogP contribution in [0.1, 0.15) is 24.5 Å². The van der Waals surface area contributed by atoms with E-state index in [9.17, 15) is 4.79 Å². The third-order valence-corrected chi connectivity index (χ3v) is 5.53. The monoisotopic (exact) mass is 544 g/mol. The molecule has 30 heavy (non-hydrogen) atoms. The van der Waals surface area contributed by atoms with E-state index in [4.69, 9.17) is 30.5 Å². The van der Waals surface area contributed by atoms with E-state index in [1.807, 2.05) is 30.3 Å². The first-order chi connectivity index (χ1) is 14.4. The van der Waals surface area contributed by atoms with E-state index in [0.717, 1.165) is 14.7 Å². The van der Waals surface area contributed by atoms with E-state index >= 15 is 0 Å². The van der Waals surface area contributed by atoms with Crippen molar-refractivity contribution in [1.29, 1.82) is 0 Å². The molecule has 0 saturated carbocycles. The highest BCUT2D eigenvalue weighted by Crippen LogP contribution is 2.34. The zero-order valence-electron chi connectivity index (χ0n) is 16.6. The molecule has 0 atom stereocenters. The van der Waals surface area contributed by atoms with Gasteiger partial charge in [-0.05, 0) is 53.3 Å². The molecule has 0 bridgehead atoms. The number of methoxy groups -OCH3 is 1. The molecule has 0 aromatic heterocycles. The first-order valence-corrected chi connectivity index (χ1v) is 10.7. The summed E-state index contributed by atoms with van der Waals surface area (Å²) in [5.74, 6) is -0.0135. The summed E-state index contributed by atoms with van der Waals surface area (Å²) in [5, 5.41) is 4.66. The zero-order valence-corrected chi connectivity index (χ0v) is 19.5. The largest absolute Gasteiger partial charge is 0.493 e. The van der Waals surface area contributed by atoms with Crippen LogP contribution < -0.4 is 14.9 Å². The third-order valence-electron chi connectivity index (χ3n) is 4.36. The minimum absolute atomic E-state index is 0.0695. The van der Waals surface area contributed by atoms with Crippen LogP contribution in [-0.4, -0.2) is 38.2 Å². The van der Waals surface area contributed by atoms with Gasteiger partial charge in [-0.25, -0.2) is 5.43 Å². The topological polar surface area (TPSA) is 78.4 Å². The number of ether oxygens (including phenoxy) is 4. The van der Waals surface area contributed by atoms with Crippen molar-refractivity contribution < 1.29 is 23.7 Å². The molecular weight excluding hydrogens is 523 g/mol. The summed E-state index contributed by atoms with van der Waals surface area (Å²) in [6.07, 6.45) is 1.61. The van der Waals surface area contributed by atoms with Gasteiger partial charge in [0.1, 0.15) is 6.61 Å². The fourth-order valence-electron chi connectivity index (χ4n) is 2.89. The van der Waals surface area contributed by atoms with Gasteiger partial charge in [0.15, 0.2) is 17.3 Å². The molecule has 2 aromatic carbocycles. The Morgan fingerprint density at radius 1 is 1.33 bits per heavy atom. The maximum atomic E-state index is 12.0. The number of carbonyl (C=O) groups excluding carboxylic acids is 1. The van der Waals surface area contributed by atoms with E-state index < -0.39 is 5.79 Å². The molecule has 2 aromatic rings. The van der Waals surface area contributed by atoms with E-state index in [1.54, 1.807) is 26.3 Å². The summed E-state index contributed by atoms with van der Waals surface area (Å²) < 4.78 is 23.1. The molecule has 3 rings (SSSR count). The second-order valence-corrected chi connectivity index (χ2v) is 8.28. The molecule has 1 N–H and O–H groups in total. The summed E-state index contributed by atoms with van der Waals surface area (Å²) >= 11 is 8.36. The molecule has 0 aliphatic carbocycles. The molecule has 1 fully saturated rings. The molecule has 160 valence electrons. The predicted octanol–water partition coefficient (Wildman–Crippen LogP) is 4.14. The van der Waals surface area contributed by atoms with Crippen molar-refractivity contribution in [2.45, 2.75) is 25.7 Å². The normalized spacial score (nSPS) is 15.3. The van der Waals surface area contributed by atoms with Gasteiger partial charge in [0, 0.05) is 10.6 Å². The Hall–Kier alpha value is -1.88. The number of benzene rings is 2. The maximum absolute atomic E-state index is 12.0. The summed E-state index contributed by atoms with van der Waals surface area (Å²) in [7, 11) is 1.57. The SMILES string of the molecule is COc1cc(/C=N\NC(=O)CC2(C)OCCO2)cc(I)c1OCc1ccccc1Cl. The minimum Gasteiger partial charge on any atom is -0.493 e. The van der Waals surface area contributed by atoms with Crippen LogP contribution in [-0.2, 0) is 20.9 Å². The Morgan fingerprint density at radius 2 is 2.07 bits per heavy atom. The molecule has 0 radical (unpaired) electrons. The highest BCUT2D eigenvalue weighted by atomic mass is 127. The lowest BCUT2D eigenvalue weighted by Crippen LogP contribution is -2.33. The van der Waals surface area contributed by atoms with Gasteiger partial charge in [0.2, 0.25) is 5.91 Å². The van der Waals surface area contributed by atoms with Crippen LogP contribution in [0.25, 0.3) is 0 Å². The van der Waals surface area contributed by atoms with Crippen molar-refractivity contribution in [1.82, 2.24) is 5.43 Å². The molecule has 0 spiro atoms. The molecule has 1 aliphatic heterocycles. The van der Waals surface area contributed by atoms with Crippen LogP contribution >= 0.6 is 34.2 Å². The van der Waals surface area contributed by atoms with Crippen molar-refractivity contribution in [2.24, 2.45) is 5.10 Å². The summed E-state index contributed by atoms with van der Waals surface area (Å²) in [5.41, 5.74) is 4.12. The van der Waals surface area contributed by atoms with Crippen LogP contribution in [0.15, 0.2) is 41.5 Å². The number of hydrogen-bond donors (Lipinski definition) is 1. The molecular formula is C21H22ClIN2O5. The summed E-state index contributed by atoms with van der Waals surface area (Å²) in [6, 6.07) is 11.2. The maximum Gasteiger partial charge on any atom is 0.245 e. The number of halogens is 2. The van der Waals surface area contributed by atoms with Gasteiger partial charge in [0.05, 0.1) is 36.5 Å². The van der Waals surface area contributed by atoms with E-state index in [1.165, 1.54) is 0 Å². The van der Waals surface area contributed by atoms with Gasteiger partial charge in [-0.15, -0.1) is 0 Å². The lowest BCUT2D eigenvalue weighted by molar-refractivity contribution is -0.159. The Bertz CT molecular complexity index is 932. The fourth-order valence-corrected chi connectivity index (χ4v) is 3.86. The van der Waals surface area contributed by atoms with Gasteiger partial charge in [-0.1, -0.05) is 29.8 Å².